The van der Waals surface area contributed by atoms with E-state index in [0.29, 0.717) is 44.0 Å². The fourth-order valence-electron chi connectivity index (χ4n) is 4.78. The van der Waals surface area contributed by atoms with Gasteiger partial charge in [0.15, 0.2) is 0 Å². The number of carbonyl (C=O) groups excluding carboxylic acids is 1. The average molecular weight is 491 g/mol. The SMILES string of the molecule is COc1cccc(C2=NN(C(=O)CN3CCN(c4ccccc4F)CC3)[C@@H](c3ccc(F)cc3)C2)c1. The summed E-state index contributed by atoms with van der Waals surface area (Å²) >= 11 is 0. The molecule has 3 aromatic rings. The molecule has 0 N–H and O–H groups in total. The van der Waals surface area contributed by atoms with Crippen molar-refractivity contribution < 1.29 is 18.3 Å². The Bertz CT molecular complexity index is 1260. The molecule has 0 radical (unpaired) electrons. The first kappa shape index (κ1) is 23.9. The summed E-state index contributed by atoms with van der Waals surface area (Å²) in [5.41, 5.74) is 3.08. The molecule has 0 aliphatic carbocycles. The molecule has 0 saturated carbocycles. The van der Waals surface area contributed by atoms with Gasteiger partial charge < -0.3 is 9.64 Å². The first-order valence-corrected chi connectivity index (χ1v) is 12.0. The molecule has 186 valence electrons. The topological polar surface area (TPSA) is 48.4 Å². The lowest BCUT2D eigenvalue weighted by atomic mass is 9.98. The van der Waals surface area contributed by atoms with Gasteiger partial charge in [0.1, 0.15) is 17.4 Å². The number of nitrogens with zero attached hydrogens (tertiary/aromatic N) is 4. The molecule has 2 heterocycles. The van der Waals surface area contributed by atoms with Crippen molar-refractivity contribution in [3.63, 3.8) is 0 Å². The van der Waals surface area contributed by atoms with Gasteiger partial charge in [-0.2, -0.15) is 5.10 Å². The maximum Gasteiger partial charge on any atom is 0.257 e. The van der Waals surface area contributed by atoms with Crippen molar-refractivity contribution in [2.24, 2.45) is 5.10 Å². The number of hydrogen-bond acceptors (Lipinski definition) is 5. The lowest BCUT2D eigenvalue weighted by molar-refractivity contribution is -0.134. The average Bonchev–Trinajstić information content (AvgIpc) is 3.36. The molecule has 0 spiro atoms. The predicted octanol–water partition coefficient (Wildman–Crippen LogP) is 4.47. The van der Waals surface area contributed by atoms with E-state index in [-0.39, 0.29) is 30.1 Å². The van der Waals surface area contributed by atoms with Crippen molar-refractivity contribution in [1.82, 2.24) is 9.91 Å². The third-order valence-electron chi connectivity index (χ3n) is 6.75. The summed E-state index contributed by atoms with van der Waals surface area (Å²) in [4.78, 5) is 17.6. The number of ether oxygens (including phenoxy) is 1. The largest absolute Gasteiger partial charge is 0.497 e. The number of methoxy groups -OCH3 is 1. The van der Waals surface area contributed by atoms with Crippen molar-refractivity contribution in [1.29, 1.82) is 0 Å². The summed E-state index contributed by atoms with van der Waals surface area (Å²) in [6.45, 7) is 2.75. The van der Waals surface area contributed by atoms with E-state index in [1.165, 1.54) is 23.2 Å². The molecule has 0 aromatic heterocycles. The predicted molar refractivity (Wildman–Crippen MR) is 135 cm³/mol. The van der Waals surface area contributed by atoms with Gasteiger partial charge in [0.2, 0.25) is 0 Å². The molecule has 8 heteroatoms. The molecule has 0 bridgehead atoms. The number of benzene rings is 3. The van der Waals surface area contributed by atoms with E-state index in [2.05, 4.69) is 4.90 Å². The van der Waals surface area contributed by atoms with Gasteiger partial charge in [-0.05, 0) is 42.0 Å². The van der Waals surface area contributed by atoms with Gasteiger partial charge in [-0.15, -0.1) is 0 Å². The summed E-state index contributed by atoms with van der Waals surface area (Å²) in [6, 6.07) is 20.3. The number of hydrogen-bond donors (Lipinski definition) is 0. The molecule has 2 aliphatic rings. The summed E-state index contributed by atoms with van der Waals surface area (Å²) in [7, 11) is 1.61. The maximum atomic E-state index is 14.2. The summed E-state index contributed by atoms with van der Waals surface area (Å²) < 4.78 is 33.1. The first-order chi connectivity index (χ1) is 17.5. The number of carbonyl (C=O) groups is 1. The van der Waals surface area contributed by atoms with Crippen LogP contribution in [-0.2, 0) is 4.79 Å². The molecule has 1 atom stereocenters. The van der Waals surface area contributed by atoms with Crippen LogP contribution in [0.15, 0.2) is 77.9 Å². The number of para-hydroxylation sites is 1. The summed E-state index contributed by atoms with van der Waals surface area (Å²) in [6.07, 6.45) is 0.519. The third kappa shape index (κ3) is 5.09. The molecular formula is C28H28F2N4O2. The van der Waals surface area contributed by atoms with Gasteiger partial charge in [-0.3, -0.25) is 9.69 Å². The second-order valence-corrected chi connectivity index (χ2v) is 9.00. The van der Waals surface area contributed by atoms with Crippen LogP contribution in [0.3, 0.4) is 0 Å². The quantitative estimate of drug-likeness (QED) is 0.512. The normalized spacial score (nSPS) is 18.3. The highest BCUT2D eigenvalue weighted by atomic mass is 19.1. The number of piperazine rings is 1. The zero-order valence-corrected chi connectivity index (χ0v) is 20.1. The first-order valence-electron chi connectivity index (χ1n) is 12.0. The van der Waals surface area contributed by atoms with E-state index in [1.54, 1.807) is 31.4 Å². The van der Waals surface area contributed by atoms with Gasteiger partial charge in [0.25, 0.3) is 5.91 Å². The van der Waals surface area contributed by atoms with E-state index in [1.807, 2.05) is 35.2 Å². The molecule has 5 rings (SSSR count). The van der Waals surface area contributed by atoms with Crippen LogP contribution >= 0.6 is 0 Å². The Morgan fingerprint density at radius 3 is 2.44 bits per heavy atom. The van der Waals surface area contributed by atoms with Gasteiger partial charge in [-0.25, -0.2) is 13.8 Å². The maximum absolute atomic E-state index is 14.2. The van der Waals surface area contributed by atoms with Crippen LogP contribution in [0.1, 0.15) is 23.6 Å². The van der Waals surface area contributed by atoms with Gasteiger partial charge in [-0.1, -0.05) is 36.4 Å². The van der Waals surface area contributed by atoms with Gasteiger partial charge in [0, 0.05) is 38.2 Å². The fraction of sp³-hybridized carbons (Fsp3) is 0.286. The van der Waals surface area contributed by atoms with Crippen LogP contribution in [0.5, 0.6) is 5.75 Å². The molecular weight excluding hydrogens is 462 g/mol. The van der Waals surface area contributed by atoms with Crippen LogP contribution in [0.4, 0.5) is 14.5 Å². The minimum atomic E-state index is -0.323. The minimum absolute atomic E-state index is 0.124. The van der Waals surface area contributed by atoms with Crippen molar-refractivity contribution in [2.45, 2.75) is 12.5 Å². The highest BCUT2D eigenvalue weighted by Gasteiger charge is 2.34. The van der Waals surface area contributed by atoms with E-state index in [4.69, 9.17) is 9.84 Å². The molecule has 36 heavy (non-hydrogen) atoms. The third-order valence-corrected chi connectivity index (χ3v) is 6.75. The van der Waals surface area contributed by atoms with Gasteiger partial charge in [0.05, 0.1) is 31.1 Å². The monoisotopic (exact) mass is 490 g/mol. The molecule has 0 unspecified atom stereocenters. The van der Waals surface area contributed by atoms with Crippen LogP contribution in [-0.4, -0.2) is 61.4 Å². The number of hydrazone groups is 1. The lowest BCUT2D eigenvalue weighted by Crippen LogP contribution is -2.49. The minimum Gasteiger partial charge on any atom is -0.497 e. The molecule has 1 amide bonds. The molecule has 3 aromatic carbocycles. The van der Waals surface area contributed by atoms with E-state index < -0.39 is 0 Å². The molecule has 2 aliphatic heterocycles. The molecule has 1 fully saturated rings. The van der Waals surface area contributed by atoms with E-state index >= 15 is 0 Å². The van der Waals surface area contributed by atoms with Gasteiger partial charge >= 0.3 is 0 Å². The Hall–Kier alpha value is -3.78. The molecule has 1 saturated heterocycles. The summed E-state index contributed by atoms with van der Waals surface area (Å²) in [5, 5.41) is 6.25. The number of rotatable bonds is 6. The van der Waals surface area contributed by atoms with Crippen LogP contribution < -0.4 is 9.64 Å². The van der Waals surface area contributed by atoms with Crippen LogP contribution in [0.2, 0.25) is 0 Å². The standard InChI is InChI=1S/C28H28F2N4O2/c1-36-23-6-4-5-21(17-23)25-18-27(20-9-11-22(29)12-10-20)34(31-25)28(35)19-32-13-15-33(16-14-32)26-8-3-2-7-24(26)30/h2-12,17,27H,13-16,18-19H2,1H3/t27-/m1/s1. The fourth-order valence-corrected chi connectivity index (χ4v) is 4.78. The smallest absolute Gasteiger partial charge is 0.257 e. The van der Waals surface area contributed by atoms with Crippen molar-refractivity contribution >= 4 is 17.3 Å². The summed E-state index contributed by atoms with van der Waals surface area (Å²) in [5.74, 6) is 0.0320. The van der Waals surface area contributed by atoms with E-state index in [9.17, 15) is 13.6 Å². The second-order valence-electron chi connectivity index (χ2n) is 9.00. The Labute approximate surface area is 209 Å². The number of anilines is 1. The highest BCUT2D eigenvalue weighted by Crippen LogP contribution is 2.34. The van der Waals surface area contributed by atoms with Crippen molar-refractivity contribution in [3.8, 4) is 5.75 Å². The zero-order chi connectivity index (χ0) is 25.1. The number of amides is 1. The highest BCUT2D eigenvalue weighted by molar-refractivity contribution is 6.03. The zero-order valence-electron chi connectivity index (χ0n) is 20.1. The van der Waals surface area contributed by atoms with Crippen molar-refractivity contribution in [2.75, 3.05) is 44.7 Å². The van der Waals surface area contributed by atoms with Crippen molar-refractivity contribution in [3.05, 3.63) is 95.6 Å². The van der Waals surface area contributed by atoms with Crippen LogP contribution in [0.25, 0.3) is 0 Å². The second kappa shape index (κ2) is 10.5. The Morgan fingerprint density at radius 2 is 1.72 bits per heavy atom. The Morgan fingerprint density at radius 1 is 0.972 bits per heavy atom. The van der Waals surface area contributed by atoms with E-state index in [0.717, 1.165) is 16.8 Å². The number of halogens is 2. The Balaban J connectivity index is 1.32. The lowest BCUT2D eigenvalue weighted by Gasteiger charge is -2.36. The van der Waals surface area contributed by atoms with Crippen LogP contribution in [0, 0.1) is 11.6 Å². The Kier molecular flexibility index (Phi) is 6.95. The molecule has 6 nitrogen and oxygen atoms in total.